The van der Waals surface area contributed by atoms with Crippen molar-refractivity contribution in [3.05, 3.63) is 59.2 Å². The van der Waals surface area contributed by atoms with Crippen LogP contribution >= 0.6 is 11.6 Å². The van der Waals surface area contributed by atoms with Gasteiger partial charge in [-0.15, -0.1) is 11.6 Å². The highest BCUT2D eigenvalue weighted by molar-refractivity contribution is 6.18. The normalized spacial score (nSPS) is 22.0. The van der Waals surface area contributed by atoms with Crippen LogP contribution in [0.15, 0.2) is 36.5 Å². The first-order valence-corrected chi connectivity index (χ1v) is 12.0. The van der Waals surface area contributed by atoms with Crippen LogP contribution in [-0.2, 0) is 16.6 Å². The van der Waals surface area contributed by atoms with Gasteiger partial charge in [-0.2, -0.15) is 0 Å². The molecule has 3 heterocycles. The van der Waals surface area contributed by atoms with E-state index in [2.05, 4.69) is 18.8 Å². The number of hydrogen-bond donors (Lipinski definition) is 1. The van der Waals surface area contributed by atoms with Crippen LogP contribution in [0.2, 0.25) is 0 Å². The van der Waals surface area contributed by atoms with Gasteiger partial charge in [0.2, 0.25) is 5.91 Å². The molecule has 2 aliphatic heterocycles. The first-order valence-electron chi connectivity index (χ1n) is 11.4. The van der Waals surface area contributed by atoms with Crippen molar-refractivity contribution >= 4 is 29.3 Å². The standard InChI is InChI=1S/C25H30ClFN4O3/c1-16-12-29(19(10-26)13-30(16)24(33)34)14-23(32)31-15-25(2,3)20-11-28-18(9-22(20)31)8-17-6-4-5-7-21(17)27/h4-7,9,11,16,19H,8,10,12-15H2,1-3H3,(H,33,34)/t16-,19+/m1/s1. The lowest BCUT2D eigenvalue weighted by Gasteiger charge is -2.43. The van der Waals surface area contributed by atoms with E-state index >= 15 is 0 Å². The summed E-state index contributed by atoms with van der Waals surface area (Å²) in [6.07, 6.45) is 1.16. The molecule has 0 saturated carbocycles. The lowest BCUT2D eigenvalue weighted by molar-refractivity contribution is -0.121. The second-order valence-electron chi connectivity index (χ2n) is 9.85. The Hall–Kier alpha value is -2.71. The third-order valence-corrected chi connectivity index (χ3v) is 7.22. The molecule has 182 valence electrons. The molecule has 0 spiro atoms. The van der Waals surface area contributed by atoms with Crippen LogP contribution in [-0.4, -0.2) is 76.0 Å². The number of carbonyl (C=O) groups is 2. The molecule has 2 amide bonds. The molecule has 1 aromatic heterocycles. The molecule has 0 unspecified atom stereocenters. The first kappa shape index (κ1) is 24.4. The van der Waals surface area contributed by atoms with Crippen LogP contribution in [0.1, 0.15) is 37.6 Å². The van der Waals surface area contributed by atoms with Gasteiger partial charge in [0.05, 0.1) is 12.2 Å². The van der Waals surface area contributed by atoms with Gasteiger partial charge < -0.3 is 14.9 Å². The molecular formula is C25H30ClFN4O3. The maximum absolute atomic E-state index is 14.2. The zero-order chi connectivity index (χ0) is 24.6. The van der Waals surface area contributed by atoms with Crippen molar-refractivity contribution in [1.82, 2.24) is 14.8 Å². The number of pyridine rings is 1. The summed E-state index contributed by atoms with van der Waals surface area (Å²) in [5, 5.41) is 9.44. The van der Waals surface area contributed by atoms with Crippen molar-refractivity contribution in [2.24, 2.45) is 0 Å². The number of anilines is 1. The number of carbonyl (C=O) groups excluding carboxylic acids is 1. The predicted octanol–water partition coefficient (Wildman–Crippen LogP) is 3.73. The van der Waals surface area contributed by atoms with Crippen molar-refractivity contribution < 1.29 is 19.1 Å². The number of aromatic nitrogens is 1. The van der Waals surface area contributed by atoms with Gasteiger partial charge in [0, 0.05) is 66.9 Å². The van der Waals surface area contributed by atoms with Crippen LogP contribution in [0.5, 0.6) is 0 Å². The molecule has 1 saturated heterocycles. The Bertz CT molecular complexity index is 1100. The molecule has 2 atom stereocenters. The minimum absolute atomic E-state index is 0.0686. The van der Waals surface area contributed by atoms with Crippen LogP contribution in [0, 0.1) is 5.82 Å². The highest BCUT2D eigenvalue weighted by Gasteiger charge is 2.41. The van der Waals surface area contributed by atoms with Crippen molar-refractivity contribution in [3.8, 4) is 0 Å². The van der Waals surface area contributed by atoms with Gasteiger partial charge in [0.25, 0.3) is 0 Å². The van der Waals surface area contributed by atoms with Crippen molar-refractivity contribution in [1.29, 1.82) is 0 Å². The quantitative estimate of drug-likeness (QED) is 0.649. The fraction of sp³-hybridized carbons (Fsp3) is 0.480. The summed E-state index contributed by atoms with van der Waals surface area (Å²) >= 11 is 6.15. The van der Waals surface area contributed by atoms with Gasteiger partial charge in [-0.3, -0.25) is 14.7 Å². The van der Waals surface area contributed by atoms with Crippen molar-refractivity contribution in [3.63, 3.8) is 0 Å². The first-order chi connectivity index (χ1) is 16.1. The van der Waals surface area contributed by atoms with E-state index in [4.69, 9.17) is 11.6 Å². The maximum atomic E-state index is 14.2. The third kappa shape index (κ3) is 4.74. The molecule has 0 aliphatic carbocycles. The van der Waals surface area contributed by atoms with Gasteiger partial charge in [-0.05, 0) is 24.6 Å². The second-order valence-corrected chi connectivity index (χ2v) is 10.2. The zero-order valence-corrected chi connectivity index (χ0v) is 20.4. The van der Waals surface area contributed by atoms with Gasteiger partial charge >= 0.3 is 6.09 Å². The second kappa shape index (κ2) is 9.50. The molecule has 1 N–H and O–H groups in total. The SMILES string of the molecule is C[C@@H]1CN(CC(=O)N2CC(C)(C)c3cnc(Cc4ccccc4F)cc32)[C@@H](CCl)CN1C(=O)O. The van der Waals surface area contributed by atoms with Crippen LogP contribution in [0.25, 0.3) is 0 Å². The third-order valence-electron chi connectivity index (χ3n) is 6.86. The van der Waals surface area contributed by atoms with Crippen LogP contribution in [0.4, 0.5) is 14.9 Å². The van der Waals surface area contributed by atoms with E-state index < -0.39 is 6.09 Å². The number of alkyl halides is 1. The van der Waals surface area contributed by atoms with Gasteiger partial charge in [-0.25, -0.2) is 9.18 Å². The largest absolute Gasteiger partial charge is 0.465 e. The van der Waals surface area contributed by atoms with E-state index in [1.165, 1.54) is 11.0 Å². The van der Waals surface area contributed by atoms with Gasteiger partial charge in [0.15, 0.2) is 0 Å². The summed E-state index contributed by atoms with van der Waals surface area (Å²) in [7, 11) is 0. The number of rotatable bonds is 5. The molecule has 9 heteroatoms. The van der Waals surface area contributed by atoms with E-state index in [0.29, 0.717) is 30.8 Å². The lowest BCUT2D eigenvalue weighted by Crippen LogP contribution is -2.61. The Balaban J connectivity index is 1.55. The smallest absolute Gasteiger partial charge is 0.407 e. The average molecular weight is 489 g/mol. The summed E-state index contributed by atoms with van der Waals surface area (Å²) in [6.45, 7) is 7.36. The van der Waals surface area contributed by atoms with E-state index in [9.17, 15) is 19.1 Å². The summed E-state index contributed by atoms with van der Waals surface area (Å²) < 4.78 is 14.2. The number of piperazine rings is 1. The molecule has 1 fully saturated rings. The van der Waals surface area contributed by atoms with E-state index in [-0.39, 0.29) is 48.2 Å². The number of halogens is 2. The summed E-state index contributed by atoms with van der Waals surface area (Å²) in [5.74, 6) is -0.108. The minimum atomic E-state index is -0.973. The minimum Gasteiger partial charge on any atom is -0.465 e. The van der Waals surface area contributed by atoms with E-state index in [1.54, 1.807) is 29.3 Å². The molecule has 0 bridgehead atoms. The highest BCUT2D eigenvalue weighted by Crippen LogP contribution is 2.40. The molecule has 0 radical (unpaired) electrons. The number of nitrogens with zero attached hydrogens (tertiary/aromatic N) is 4. The fourth-order valence-electron chi connectivity index (χ4n) is 4.93. The van der Waals surface area contributed by atoms with Crippen LogP contribution < -0.4 is 4.90 Å². The predicted molar refractivity (Wildman–Crippen MR) is 129 cm³/mol. The lowest BCUT2D eigenvalue weighted by atomic mass is 9.88. The molecule has 1 aromatic carbocycles. The highest BCUT2D eigenvalue weighted by atomic mass is 35.5. The molecule has 34 heavy (non-hydrogen) atoms. The zero-order valence-electron chi connectivity index (χ0n) is 19.7. The Morgan fingerprint density at radius 1 is 1.26 bits per heavy atom. The van der Waals surface area contributed by atoms with Gasteiger partial charge in [0.1, 0.15) is 5.82 Å². The number of hydrogen-bond acceptors (Lipinski definition) is 4. The number of amides is 2. The average Bonchev–Trinajstić information content (AvgIpc) is 3.05. The van der Waals surface area contributed by atoms with Crippen LogP contribution in [0.3, 0.4) is 0 Å². The molecule has 2 aliphatic rings. The fourth-order valence-corrected chi connectivity index (χ4v) is 5.22. The number of fused-ring (bicyclic) bond motifs is 1. The number of benzene rings is 1. The Morgan fingerprint density at radius 2 is 2.00 bits per heavy atom. The Kier molecular flexibility index (Phi) is 6.82. The Labute approximate surface area is 204 Å². The van der Waals surface area contributed by atoms with E-state index in [1.807, 2.05) is 17.9 Å². The monoisotopic (exact) mass is 488 g/mol. The van der Waals surface area contributed by atoms with E-state index in [0.717, 1.165) is 11.3 Å². The molecule has 7 nitrogen and oxygen atoms in total. The number of carboxylic acid groups (broad SMARTS) is 1. The van der Waals surface area contributed by atoms with Crippen molar-refractivity contribution in [2.45, 2.75) is 44.7 Å². The maximum Gasteiger partial charge on any atom is 0.407 e. The Morgan fingerprint density at radius 3 is 2.68 bits per heavy atom. The topological polar surface area (TPSA) is 77.0 Å². The summed E-state index contributed by atoms with van der Waals surface area (Å²) in [6, 6.07) is 8.04. The van der Waals surface area contributed by atoms with Gasteiger partial charge in [-0.1, -0.05) is 32.0 Å². The summed E-state index contributed by atoms with van der Waals surface area (Å²) in [5.41, 5.74) is 2.77. The molecule has 2 aromatic rings. The van der Waals surface area contributed by atoms with Crippen molar-refractivity contribution in [2.75, 3.05) is 37.0 Å². The molecular weight excluding hydrogens is 459 g/mol. The summed E-state index contributed by atoms with van der Waals surface area (Å²) in [4.78, 5) is 34.7. The molecule has 4 rings (SSSR count).